The van der Waals surface area contributed by atoms with Crippen molar-refractivity contribution in [2.45, 2.75) is 25.4 Å². The molecule has 1 N–H and O–H groups in total. The predicted molar refractivity (Wildman–Crippen MR) is 77.7 cm³/mol. The van der Waals surface area contributed by atoms with Crippen molar-refractivity contribution in [2.24, 2.45) is 0 Å². The van der Waals surface area contributed by atoms with E-state index in [0.717, 1.165) is 10.0 Å². The molecule has 1 atom stereocenters. The molecule has 1 fully saturated rings. The molecule has 0 radical (unpaired) electrons. The van der Waals surface area contributed by atoms with Crippen LogP contribution in [-0.4, -0.2) is 25.5 Å². The van der Waals surface area contributed by atoms with E-state index in [2.05, 4.69) is 21.2 Å². The van der Waals surface area contributed by atoms with Crippen LogP contribution in [0, 0.1) is 0 Å². The van der Waals surface area contributed by atoms with Gasteiger partial charge in [0.15, 0.2) is 9.84 Å². The molecule has 1 aliphatic heterocycles. The van der Waals surface area contributed by atoms with Crippen molar-refractivity contribution in [3.63, 3.8) is 0 Å². The third-order valence-corrected chi connectivity index (χ3v) is 5.97. The van der Waals surface area contributed by atoms with Crippen molar-refractivity contribution < 1.29 is 8.42 Å². The average molecular weight is 353 g/mol. The van der Waals surface area contributed by atoms with E-state index < -0.39 is 9.84 Å². The lowest BCUT2D eigenvalue weighted by molar-refractivity contribution is 0.395. The van der Waals surface area contributed by atoms with E-state index in [1.807, 2.05) is 25.1 Å². The van der Waals surface area contributed by atoms with Crippen LogP contribution in [0.4, 0.5) is 0 Å². The van der Waals surface area contributed by atoms with Crippen molar-refractivity contribution in [3.05, 3.63) is 33.3 Å². The summed E-state index contributed by atoms with van der Waals surface area (Å²) in [6, 6.07) is 5.70. The van der Waals surface area contributed by atoms with Crippen LogP contribution in [0.25, 0.3) is 0 Å². The maximum Gasteiger partial charge on any atom is 0.152 e. The Hall–Kier alpha value is -0.100. The van der Waals surface area contributed by atoms with Crippen LogP contribution >= 0.6 is 27.5 Å². The summed E-state index contributed by atoms with van der Waals surface area (Å²) in [6.07, 6.45) is 0.656. The zero-order chi connectivity index (χ0) is 13.4. The third kappa shape index (κ3) is 3.47. The Morgan fingerprint density at radius 2 is 2.22 bits per heavy atom. The van der Waals surface area contributed by atoms with Gasteiger partial charge >= 0.3 is 0 Å². The van der Waals surface area contributed by atoms with Gasteiger partial charge in [0.2, 0.25) is 0 Å². The van der Waals surface area contributed by atoms with Gasteiger partial charge in [-0.15, -0.1) is 0 Å². The van der Waals surface area contributed by atoms with E-state index in [1.54, 1.807) is 0 Å². The summed E-state index contributed by atoms with van der Waals surface area (Å²) in [5.74, 6) is 0.471. The Morgan fingerprint density at radius 1 is 1.50 bits per heavy atom. The number of hydrogen-bond donors (Lipinski definition) is 1. The summed E-state index contributed by atoms with van der Waals surface area (Å²) >= 11 is 9.48. The molecule has 2 rings (SSSR count). The summed E-state index contributed by atoms with van der Waals surface area (Å²) in [7, 11) is -2.88. The van der Waals surface area contributed by atoms with Gasteiger partial charge in [-0.05, 0) is 31.0 Å². The molecule has 0 saturated carbocycles. The summed E-state index contributed by atoms with van der Waals surface area (Å²) in [5.41, 5.74) is 0.639. The fourth-order valence-electron chi connectivity index (χ4n) is 2.12. The number of sulfone groups is 1. The van der Waals surface area contributed by atoms with Gasteiger partial charge in [0.1, 0.15) is 0 Å². The Morgan fingerprint density at radius 3 is 2.78 bits per heavy atom. The lowest BCUT2D eigenvalue weighted by atomic mass is 10.0. The first-order valence-electron chi connectivity index (χ1n) is 5.69. The minimum absolute atomic E-state index is 0.203. The smallest absolute Gasteiger partial charge is 0.152 e. The van der Waals surface area contributed by atoms with Gasteiger partial charge in [0.05, 0.1) is 11.5 Å². The number of rotatable bonds is 3. The van der Waals surface area contributed by atoms with Gasteiger partial charge in [0.25, 0.3) is 0 Å². The molecule has 1 aliphatic rings. The second kappa shape index (κ2) is 5.12. The molecule has 100 valence electrons. The van der Waals surface area contributed by atoms with Crippen molar-refractivity contribution >= 4 is 37.4 Å². The van der Waals surface area contributed by atoms with Gasteiger partial charge in [-0.3, -0.25) is 0 Å². The molecule has 1 aromatic carbocycles. The van der Waals surface area contributed by atoms with Crippen molar-refractivity contribution in [2.75, 3.05) is 11.5 Å². The molecule has 1 unspecified atom stereocenters. The summed E-state index contributed by atoms with van der Waals surface area (Å²) in [5, 5.41) is 3.99. The molecule has 0 aromatic heterocycles. The highest BCUT2D eigenvalue weighted by Gasteiger charge is 2.37. The van der Waals surface area contributed by atoms with E-state index >= 15 is 0 Å². The lowest BCUT2D eigenvalue weighted by Gasteiger charge is -2.24. The van der Waals surface area contributed by atoms with Crippen LogP contribution in [0.2, 0.25) is 5.02 Å². The molecular formula is C12H15BrClNO2S. The minimum atomic E-state index is -2.88. The highest BCUT2D eigenvalue weighted by Crippen LogP contribution is 2.25. The van der Waals surface area contributed by atoms with E-state index in [0.29, 0.717) is 18.0 Å². The third-order valence-electron chi connectivity index (χ3n) is 3.22. The highest BCUT2D eigenvalue weighted by molar-refractivity contribution is 9.10. The molecule has 0 spiro atoms. The largest absolute Gasteiger partial charge is 0.306 e. The Labute approximate surface area is 121 Å². The van der Waals surface area contributed by atoms with Gasteiger partial charge < -0.3 is 5.32 Å². The van der Waals surface area contributed by atoms with E-state index in [-0.39, 0.29) is 17.0 Å². The number of benzene rings is 1. The lowest BCUT2D eigenvalue weighted by Crippen LogP contribution is -2.42. The standard InChI is InChI=1S/C12H15BrClNO2S/c1-12(4-5-18(16,17)8-12)15-7-9-2-3-10(13)6-11(9)14/h2-3,6,15H,4-5,7-8H2,1H3. The summed E-state index contributed by atoms with van der Waals surface area (Å²) in [6.45, 7) is 2.53. The Balaban J connectivity index is 2.04. The summed E-state index contributed by atoms with van der Waals surface area (Å²) < 4.78 is 23.9. The van der Waals surface area contributed by atoms with E-state index in [9.17, 15) is 8.42 Å². The predicted octanol–water partition coefficient (Wildman–Crippen LogP) is 2.77. The highest BCUT2D eigenvalue weighted by atomic mass is 79.9. The maximum atomic E-state index is 11.5. The fraction of sp³-hybridized carbons (Fsp3) is 0.500. The average Bonchev–Trinajstić information content (AvgIpc) is 2.52. The second-order valence-electron chi connectivity index (χ2n) is 4.99. The number of hydrogen-bond acceptors (Lipinski definition) is 3. The zero-order valence-corrected chi connectivity index (χ0v) is 13.2. The number of halogens is 2. The normalized spacial score (nSPS) is 26.4. The van der Waals surface area contributed by atoms with Crippen molar-refractivity contribution in [1.29, 1.82) is 0 Å². The van der Waals surface area contributed by atoms with Crippen LogP contribution in [0.15, 0.2) is 22.7 Å². The summed E-state index contributed by atoms with van der Waals surface area (Å²) in [4.78, 5) is 0. The molecule has 1 saturated heterocycles. The molecular weight excluding hydrogens is 338 g/mol. The number of nitrogens with one attached hydrogen (secondary N) is 1. The van der Waals surface area contributed by atoms with Gasteiger partial charge in [-0.25, -0.2) is 8.42 Å². The van der Waals surface area contributed by atoms with Crippen LogP contribution in [0.1, 0.15) is 18.9 Å². The molecule has 6 heteroatoms. The topological polar surface area (TPSA) is 46.2 Å². The molecule has 3 nitrogen and oxygen atoms in total. The molecule has 0 aliphatic carbocycles. The van der Waals surface area contributed by atoms with Gasteiger partial charge in [-0.1, -0.05) is 33.6 Å². The molecule has 1 heterocycles. The van der Waals surface area contributed by atoms with Crippen LogP contribution in [0.5, 0.6) is 0 Å². The van der Waals surface area contributed by atoms with Crippen molar-refractivity contribution in [3.8, 4) is 0 Å². The van der Waals surface area contributed by atoms with Gasteiger partial charge in [0, 0.05) is 21.6 Å². The molecule has 0 bridgehead atoms. The van der Waals surface area contributed by atoms with Gasteiger partial charge in [-0.2, -0.15) is 0 Å². The fourth-order valence-corrected chi connectivity index (χ4v) is 4.99. The first kappa shape index (κ1) is 14.3. The first-order valence-corrected chi connectivity index (χ1v) is 8.68. The van der Waals surface area contributed by atoms with Crippen LogP contribution < -0.4 is 5.32 Å². The Kier molecular flexibility index (Phi) is 4.07. The Bertz CT molecular complexity index is 561. The quantitative estimate of drug-likeness (QED) is 0.910. The zero-order valence-electron chi connectivity index (χ0n) is 10.0. The van der Waals surface area contributed by atoms with E-state index in [4.69, 9.17) is 11.6 Å². The minimum Gasteiger partial charge on any atom is -0.306 e. The monoisotopic (exact) mass is 351 g/mol. The van der Waals surface area contributed by atoms with Crippen LogP contribution in [-0.2, 0) is 16.4 Å². The molecule has 1 aromatic rings. The first-order chi connectivity index (χ1) is 8.30. The second-order valence-corrected chi connectivity index (χ2v) is 8.50. The molecule has 18 heavy (non-hydrogen) atoms. The molecule has 0 amide bonds. The van der Waals surface area contributed by atoms with Crippen molar-refractivity contribution in [1.82, 2.24) is 5.32 Å². The maximum absolute atomic E-state index is 11.5. The van der Waals surface area contributed by atoms with Crippen LogP contribution in [0.3, 0.4) is 0 Å². The SMILES string of the molecule is CC1(NCc2ccc(Br)cc2Cl)CCS(=O)(=O)C1. The van der Waals surface area contributed by atoms with E-state index in [1.165, 1.54) is 0 Å².